The Bertz CT molecular complexity index is 1050. The van der Waals surface area contributed by atoms with Gasteiger partial charge in [-0.05, 0) is 31.2 Å². The number of hydrogen-bond donors (Lipinski definition) is 4. The fourth-order valence-corrected chi connectivity index (χ4v) is 3.18. The number of halogens is 1. The molecule has 0 fully saturated rings. The fourth-order valence-electron chi connectivity index (χ4n) is 3.18. The van der Waals surface area contributed by atoms with Crippen LogP contribution in [0.25, 0.3) is 5.57 Å². The SMILES string of the molecule is CN=CC(=CN)c1cc(F)c(Nc2cccc3c2N[C@H](C)CC(=O)N3)cc1C#N. The van der Waals surface area contributed by atoms with E-state index in [1.165, 1.54) is 24.5 Å². The smallest absolute Gasteiger partial charge is 0.226 e. The van der Waals surface area contributed by atoms with Gasteiger partial charge >= 0.3 is 0 Å². The van der Waals surface area contributed by atoms with E-state index in [0.29, 0.717) is 34.6 Å². The first-order valence-electron chi connectivity index (χ1n) is 9.01. The van der Waals surface area contributed by atoms with E-state index in [4.69, 9.17) is 5.73 Å². The summed E-state index contributed by atoms with van der Waals surface area (Å²) in [5, 5.41) is 18.7. The number of rotatable bonds is 4. The monoisotopic (exact) mass is 392 g/mol. The predicted octanol–water partition coefficient (Wildman–Crippen LogP) is 3.58. The lowest BCUT2D eigenvalue weighted by atomic mass is 10.0. The van der Waals surface area contributed by atoms with Crippen LogP contribution in [0.3, 0.4) is 0 Å². The zero-order valence-electron chi connectivity index (χ0n) is 16.1. The molecule has 1 amide bonds. The molecule has 1 heterocycles. The largest absolute Gasteiger partial charge is 0.404 e. The van der Waals surface area contributed by atoms with Crippen molar-refractivity contribution in [1.29, 1.82) is 5.26 Å². The Morgan fingerprint density at radius 3 is 2.90 bits per heavy atom. The molecule has 3 rings (SSSR count). The lowest BCUT2D eigenvalue weighted by Gasteiger charge is -2.18. The fraction of sp³-hybridized carbons (Fsp3) is 0.190. The molecule has 0 aromatic heterocycles. The van der Waals surface area contributed by atoms with Crippen LogP contribution in [0, 0.1) is 17.1 Å². The number of nitrogens with two attached hydrogens (primary N) is 1. The van der Waals surface area contributed by atoms with Crippen LogP contribution in [-0.2, 0) is 4.79 Å². The van der Waals surface area contributed by atoms with Gasteiger partial charge in [0.2, 0.25) is 5.91 Å². The number of hydrogen-bond acceptors (Lipinski definition) is 6. The van der Waals surface area contributed by atoms with Crippen molar-refractivity contribution < 1.29 is 9.18 Å². The zero-order chi connectivity index (χ0) is 21.0. The van der Waals surface area contributed by atoms with Crippen molar-refractivity contribution >= 4 is 40.4 Å². The number of allylic oxidation sites excluding steroid dienone is 1. The van der Waals surface area contributed by atoms with E-state index in [9.17, 15) is 14.4 Å². The van der Waals surface area contributed by atoms with Crippen molar-refractivity contribution in [2.75, 3.05) is 23.0 Å². The minimum atomic E-state index is -0.550. The molecular formula is C21H21FN6O. The summed E-state index contributed by atoms with van der Waals surface area (Å²) < 4.78 is 14.9. The van der Waals surface area contributed by atoms with Crippen LogP contribution in [0.15, 0.2) is 41.5 Å². The average molecular weight is 392 g/mol. The van der Waals surface area contributed by atoms with Gasteiger partial charge in [0.15, 0.2) is 0 Å². The third-order valence-electron chi connectivity index (χ3n) is 4.48. The minimum absolute atomic E-state index is 0.0910. The average Bonchev–Trinajstić information content (AvgIpc) is 2.84. The summed E-state index contributed by atoms with van der Waals surface area (Å²) in [6.07, 6.45) is 3.07. The highest BCUT2D eigenvalue weighted by molar-refractivity contribution is 6.10. The summed E-state index contributed by atoms with van der Waals surface area (Å²) in [7, 11) is 1.57. The standard InChI is InChI=1S/C21H21FN6O/c1-12-6-20(29)28-18-5-3-4-17(21(18)26-12)27-19-7-13(9-23)15(8-16(19)22)14(10-24)11-25-2/h3-5,7-8,10-12,26-27H,6,24H2,1-2H3,(H,28,29)/t12-/m1/s1. The molecule has 0 unspecified atom stereocenters. The number of nitrogens with one attached hydrogen (secondary N) is 3. The zero-order valence-corrected chi connectivity index (χ0v) is 16.1. The molecule has 1 aliphatic rings. The van der Waals surface area contributed by atoms with Gasteiger partial charge in [0.25, 0.3) is 0 Å². The van der Waals surface area contributed by atoms with E-state index in [0.717, 1.165) is 0 Å². The maximum atomic E-state index is 14.9. The van der Waals surface area contributed by atoms with Gasteiger partial charge in [-0.3, -0.25) is 9.79 Å². The molecule has 148 valence electrons. The number of nitriles is 1. The van der Waals surface area contributed by atoms with Crippen molar-refractivity contribution in [1.82, 2.24) is 0 Å². The van der Waals surface area contributed by atoms with Crippen LogP contribution in [-0.4, -0.2) is 25.2 Å². The van der Waals surface area contributed by atoms with E-state index >= 15 is 0 Å². The van der Waals surface area contributed by atoms with Crippen LogP contribution in [0.4, 0.5) is 27.1 Å². The number of fused-ring (bicyclic) bond motifs is 1. The Morgan fingerprint density at radius 2 is 2.21 bits per heavy atom. The molecule has 2 aromatic rings. The highest BCUT2D eigenvalue weighted by Crippen LogP contribution is 2.36. The first-order chi connectivity index (χ1) is 14.0. The Morgan fingerprint density at radius 1 is 1.41 bits per heavy atom. The molecule has 29 heavy (non-hydrogen) atoms. The molecule has 1 aliphatic heterocycles. The Kier molecular flexibility index (Phi) is 5.79. The molecule has 2 aromatic carbocycles. The highest BCUT2D eigenvalue weighted by Gasteiger charge is 2.21. The molecule has 5 N–H and O–H groups in total. The van der Waals surface area contributed by atoms with Gasteiger partial charge in [0.1, 0.15) is 5.82 Å². The second kappa shape index (κ2) is 8.44. The van der Waals surface area contributed by atoms with Crippen LogP contribution in [0.5, 0.6) is 0 Å². The Balaban J connectivity index is 2.03. The quantitative estimate of drug-likeness (QED) is 0.594. The van der Waals surface area contributed by atoms with Crippen molar-refractivity contribution in [2.24, 2.45) is 10.7 Å². The second-order valence-electron chi connectivity index (χ2n) is 6.65. The molecular weight excluding hydrogens is 371 g/mol. The molecule has 0 bridgehead atoms. The van der Waals surface area contributed by atoms with Gasteiger partial charge in [-0.25, -0.2) is 4.39 Å². The molecule has 0 radical (unpaired) electrons. The highest BCUT2D eigenvalue weighted by atomic mass is 19.1. The van der Waals surface area contributed by atoms with Crippen LogP contribution < -0.4 is 21.7 Å². The molecule has 0 saturated carbocycles. The second-order valence-corrected chi connectivity index (χ2v) is 6.65. The van der Waals surface area contributed by atoms with E-state index in [-0.39, 0.29) is 23.2 Å². The van der Waals surface area contributed by atoms with E-state index < -0.39 is 5.82 Å². The third-order valence-corrected chi connectivity index (χ3v) is 4.48. The van der Waals surface area contributed by atoms with Gasteiger partial charge in [0.05, 0.1) is 34.4 Å². The summed E-state index contributed by atoms with van der Waals surface area (Å²) >= 11 is 0. The van der Waals surface area contributed by atoms with Gasteiger partial charge in [-0.15, -0.1) is 0 Å². The van der Waals surface area contributed by atoms with E-state index in [2.05, 4.69) is 27.0 Å². The number of benzene rings is 2. The number of nitrogens with zero attached hydrogens (tertiary/aromatic N) is 2. The molecule has 0 spiro atoms. The number of carbonyl (C=O) groups excluding carboxylic acids is 1. The number of para-hydroxylation sites is 1. The van der Waals surface area contributed by atoms with Crippen molar-refractivity contribution in [2.45, 2.75) is 19.4 Å². The number of amides is 1. The predicted molar refractivity (Wildman–Crippen MR) is 114 cm³/mol. The third kappa shape index (κ3) is 4.19. The molecule has 0 aliphatic carbocycles. The van der Waals surface area contributed by atoms with Crippen molar-refractivity contribution in [3.05, 3.63) is 53.5 Å². The van der Waals surface area contributed by atoms with Gasteiger partial charge in [0, 0.05) is 43.1 Å². The summed E-state index contributed by atoms with van der Waals surface area (Å²) in [6, 6.07) is 9.95. The van der Waals surface area contributed by atoms with Crippen molar-refractivity contribution in [3.63, 3.8) is 0 Å². The van der Waals surface area contributed by atoms with Crippen LogP contribution >= 0.6 is 0 Å². The van der Waals surface area contributed by atoms with E-state index in [1.54, 1.807) is 25.2 Å². The summed E-state index contributed by atoms with van der Waals surface area (Å²) in [5.74, 6) is -0.645. The first-order valence-corrected chi connectivity index (χ1v) is 9.01. The lowest BCUT2D eigenvalue weighted by molar-refractivity contribution is -0.116. The number of aliphatic imine (C=N–C) groups is 1. The normalized spacial score (nSPS) is 16.4. The number of anilines is 4. The van der Waals surface area contributed by atoms with E-state index in [1.807, 2.05) is 6.92 Å². The summed E-state index contributed by atoms with van der Waals surface area (Å²) in [5.41, 5.74) is 8.63. The first kappa shape index (κ1) is 19.9. The summed E-state index contributed by atoms with van der Waals surface area (Å²) in [6.45, 7) is 1.89. The van der Waals surface area contributed by atoms with Crippen LogP contribution in [0.2, 0.25) is 0 Å². The Hall–Kier alpha value is -3.86. The minimum Gasteiger partial charge on any atom is -0.404 e. The Labute approximate surface area is 168 Å². The topological polar surface area (TPSA) is 115 Å². The van der Waals surface area contributed by atoms with Crippen molar-refractivity contribution in [3.8, 4) is 6.07 Å². The maximum absolute atomic E-state index is 14.9. The van der Waals surface area contributed by atoms with Crippen LogP contribution in [0.1, 0.15) is 24.5 Å². The summed E-state index contributed by atoms with van der Waals surface area (Å²) in [4.78, 5) is 15.8. The van der Waals surface area contributed by atoms with Gasteiger partial charge in [-0.2, -0.15) is 5.26 Å². The molecule has 8 heteroatoms. The maximum Gasteiger partial charge on any atom is 0.226 e. The molecule has 7 nitrogen and oxygen atoms in total. The molecule has 0 saturated heterocycles. The van der Waals surface area contributed by atoms with Gasteiger partial charge in [-0.1, -0.05) is 6.07 Å². The number of carbonyl (C=O) groups is 1. The molecule has 1 atom stereocenters. The van der Waals surface area contributed by atoms with Gasteiger partial charge < -0.3 is 21.7 Å². The lowest BCUT2D eigenvalue weighted by Crippen LogP contribution is -2.19.